The van der Waals surface area contributed by atoms with Crippen LogP contribution < -0.4 is 9.47 Å². The molecule has 9 heteroatoms. The van der Waals surface area contributed by atoms with Gasteiger partial charge in [0.15, 0.2) is 16.7 Å². The first-order valence-electron chi connectivity index (χ1n) is 9.68. The Morgan fingerprint density at radius 1 is 1.07 bits per heavy atom. The van der Waals surface area contributed by atoms with Crippen molar-refractivity contribution in [2.24, 2.45) is 0 Å². The molecule has 3 aromatic rings. The van der Waals surface area contributed by atoms with Gasteiger partial charge in [0, 0.05) is 10.6 Å². The van der Waals surface area contributed by atoms with Gasteiger partial charge < -0.3 is 9.47 Å². The van der Waals surface area contributed by atoms with Crippen molar-refractivity contribution in [3.63, 3.8) is 0 Å². The maximum atomic E-state index is 11.4. The Labute approximate surface area is 179 Å². The molecular weight excluding hydrogens is 404 g/mol. The number of ether oxygens (including phenoxy) is 2. The average molecular weight is 429 g/mol. The molecule has 3 rings (SSSR count). The molecule has 0 N–H and O–H groups in total. The van der Waals surface area contributed by atoms with Crippen molar-refractivity contribution in [3.05, 3.63) is 70.0 Å². The van der Waals surface area contributed by atoms with Gasteiger partial charge in [0.25, 0.3) is 0 Å². The number of benzene rings is 2. The third-order valence-corrected chi connectivity index (χ3v) is 5.49. The van der Waals surface area contributed by atoms with Gasteiger partial charge in [-0.3, -0.25) is 14.7 Å². The standard InChI is InChI=1S/C21H24N4O4S/c1-4-28-18-12-11-16(13-19(18)29-5-2)20(14-24(26)27)30-21-23-22-15(3)25(21)17-9-7-6-8-10-17/h6-13,20H,4-5,14H2,1-3H3/t20-/m1/s1. The Morgan fingerprint density at radius 2 is 1.77 bits per heavy atom. The van der Waals surface area contributed by atoms with Crippen LogP contribution in [0.25, 0.3) is 5.69 Å². The molecule has 0 amide bonds. The summed E-state index contributed by atoms with van der Waals surface area (Å²) in [6.45, 7) is 6.36. The molecule has 30 heavy (non-hydrogen) atoms. The summed E-state index contributed by atoms with van der Waals surface area (Å²) < 4.78 is 13.2. The van der Waals surface area contributed by atoms with Crippen molar-refractivity contribution in [2.75, 3.05) is 19.8 Å². The molecule has 1 atom stereocenters. The highest BCUT2D eigenvalue weighted by Gasteiger charge is 2.25. The predicted octanol–water partition coefficient (Wildman–Crippen LogP) is 4.48. The SMILES string of the molecule is CCOc1ccc([C@@H](C[N+](=O)[O-])Sc2nnc(C)n2-c2ccccc2)cc1OCC. The Kier molecular flexibility index (Phi) is 7.29. The number of rotatable bonds is 10. The lowest BCUT2D eigenvalue weighted by atomic mass is 10.1. The molecular formula is C21H24N4O4S. The zero-order chi connectivity index (χ0) is 21.5. The molecule has 0 aliphatic heterocycles. The van der Waals surface area contributed by atoms with Gasteiger partial charge in [0.05, 0.1) is 13.2 Å². The monoisotopic (exact) mass is 428 g/mol. The average Bonchev–Trinajstić information content (AvgIpc) is 3.09. The van der Waals surface area contributed by atoms with Gasteiger partial charge in [0.1, 0.15) is 11.1 Å². The fourth-order valence-corrected chi connectivity index (χ4v) is 4.20. The summed E-state index contributed by atoms with van der Waals surface area (Å²) in [5.41, 5.74) is 1.67. The van der Waals surface area contributed by atoms with Gasteiger partial charge in [0.2, 0.25) is 6.54 Å². The first-order valence-corrected chi connectivity index (χ1v) is 10.6. The minimum atomic E-state index is -0.471. The van der Waals surface area contributed by atoms with Crippen LogP contribution in [0.3, 0.4) is 0 Å². The van der Waals surface area contributed by atoms with Crippen LogP contribution in [-0.2, 0) is 0 Å². The predicted molar refractivity (Wildman–Crippen MR) is 115 cm³/mol. The van der Waals surface area contributed by atoms with Gasteiger partial charge in [-0.2, -0.15) is 0 Å². The molecule has 0 spiro atoms. The maximum Gasteiger partial charge on any atom is 0.220 e. The number of hydrogen-bond donors (Lipinski definition) is 0. The second kappa shape index (κ2) is 10.1. The summed E-state index contributed by atoms with van der Waals surface area (Å²) in [6, 6.07) is 15.1. The Hall–Kier alpha value is -3.07. The molecule has 0 fully saturated rings. The zero-order valence-electron chi connectivity index (χ0n) is 17.1. The van der Waals surface area contributed by atoms with E-state index >= 15 is 0 Å². The van der Waals surface area contributed by atoms with Crippen molar-refractivity contribution >= 4 is 11.8 Å². The van der Waals surface area contributed by atoms with Crippen LogP contribution in [0, 0.1) is 17.0 Å². The minimum Gasteiger partial charge on any atom is -0.490 e. The van der Waals surface area contributed by atoms with E-state index in [0.717, 1.165) is 11.3 Å². The largest absolute Gasteiger partial charge is 0.490 e. The summed E-state index contributed by atoms with van der Waals surface area (Å²) in [5, 5.41) is 20.0. The van der Waals surface area contributed by atoms with Crippen molar-refractivity contribution < 1.29 is 14.4 Å². The fourth-order valence-electron chi connectivity index (χ4n) is 3.03. The highest BCUT2D eigenvalue weighted by molar-refractivity contribution is 7.99. The lowest BCUT2D eigenvalue weighted by molar-refractivity contribution is -0.479. The van der Waals surface area contributed by atoms with Crippen LogP contribution in [0.15, 0.2) is 53.7 Å². The lowest BCUT2D eigenvalue weighted by Crippen LogP contribution is -2.11. The van der Waals surface area contributed by atoms with Crippen LogP contribution >= 0.6 is 11.8 Å². The highest BCUT2D eigenvalue weighted by Crippen LogP contribution is 2.39. The van der Waals surface area contributed by atoms with Crippen molar-refractivity contribution in [2.45, 2.75) is 31.2 Å². The molecule has 8 nitrogen and oxygen atoms in total. The summed E-state index contributed by atoms with van der Waals surface area (Å²) >= 11 is 1.31. The zero-order valence-corrected chi connectivity index (χ0v) is 18.0. The van der Waals surface area contributed by atoms with E-state index in [4.69, 9.17) is 9.47 Å². The smallest absolute Gasteiger partial charge is 0.220 e. The van der Waals surface area contributed by atoms with Gasteiger partial charge >= 0.3 is 0 Å². The molecule has 0 radical (unpaired) electrons. The number of para-hydroxylation sites is 1. The van der Waals surface area contributed by atoms with Gasteiger partial charge in [-0.15, -0.1) is 10.2 Å². The van der Waals surface area contributed by atoms with E-state index in [-0.39, 0.29) is 11.5 Å². The molecule has 158 valence electrons. The lowest BCUT2D eigenvalue weighted by Gasteiger charge is -2.17. The van der Waals surface area contributed by atoms with Crippen LogP contribution in [0.4, 0.5) is 0 Å². The van der Waals surface area contributed by atoms with Crippen LogP contribution in [-0.4, -0.2) is 39.4 Å². The number of nitrogens with zero attached hydrogens (tertiary/aromatic N) is 4. The second-order valence-corrected chi connectivity index (χ2v) is 7.56. The molecule has 0 saturated heterocycles. The Balaban J connectivity index is 1.97. The van der Waals surface area contributed by atoms with E-state index in [2.05, 4.69) is 10.2 Å². The third kappa shape index (κ3) is 5.10. The van der Waals surface area contributed by atoms with Crippen molar-refractivity contribution in [1.82, 2.24) is 14.8 Å². The van der Waals surface area contributed by atoms with Crippen molar-refractivity contribution in [3.8, 4) is 17.2 Å². The number of aromatic nitrogens is 3. The van der Waals surface area contributed by atoms with Gasteiger partial charge in [-0.05, 0) is 50.6 Å². The first kappa shape index (κ1) is 21.6. The molecule has 0 aliphatic rings. The molecule has 0 bridgehead atoms. The summed E-state index contributed by atoms with van der Waals surface area (Å²) in [7, 11) is 0. The normalized spacial score (nSPS) is 11.8. The summed E-state index contributed by atoms with van der Waals surface area (Å²) in [6.07, 6.45) is 0. The van der Waals surface area contributed by atoms with E-state index in [9.17, 15) is 10.1 Å². The Bertz CT molecular complexity index is 994. The molecule has 0 aliphatic carbocycles. The molecule has 2 aromatic carbocycles. The second-order valence-electron chi connectivity index (χ2n) is 6.39. The summed E-state index contributed by atoms with van der Waals surface area (Å²) in [5.74, 6) is 1.91. The van der Waals surface area contributed by atoms with Crippen LogP contribution in [0.2, 0.25) is 0 Å². The number of hydrogen-bond acceptors (Lipinski definition) is 7. The van der Waals surface area contributed by atoms with Crippen LogP contribution in [0.5, 0.6) is 11.5 Å². The van der Waals surface area contributed by atoms with E-state index in [1.54, 1.807) is 6.07 Å². The van der Waals surface area contributed by atoms with Crippen LogP contribution in [0.1, 0.15) is 30.5 Å². The van der Waals surface area contributed by atoms with E-state index in [0.29, 0.717) is 35.7 Å². The quantitative estimate of drug-likeness (QED) is 0.267. The van der Waals surface area contributed by atoms with Gasteiger partial charge in [-0.1, -0.05) is 36.0 Å². The summed E-state index contributed by atoms with van der Waals surface area (Å²) in [4.78, 5) is 11.1. The topological polar surface area (TPSA) is 92.3 Å². The number of nitro groups is 1. The minimum absolute atomic E-state index is 0.259. The highest BCUT2D eigenvalue weighted by atomic mass is 32.2. The third-order valence-electron chi connectivity index (χ3n) is 4.31. The fraction of sp³-hybridized carbons (Fsp3) is 0.333. The number of aryl methyl sites for hydroxylation is 1. The van der Waals surface area contributed by atoms with E-state index in [1.165, 1.54) is 11.8 Å². The molecule has 0 saturated carbocycles. The van der Waals surface area contributed by atoms with Crippen molar-refractivity contribution in [1.29, 1.82) is 0 Å². The molecule has 1 aromatic heterocycles. The maximum absolute atomic E-state index is 11.4. The van der Waals surface area contributed by atoms with E-state index in [1.807, 2.05) is 67.8 Å². The number of thioether (sulfide) groups is 1. The molecule has 1 heterocycles. The molecule has 0 unspecified atom stereocenters. The van der Waals surface area contributed by atoms with Gasteiger partial charge in [-0.25, -0.2) is 0 Å². The van der Waals surface area contributed by atoms with E-state index < -0.39 is 5.25 Å². The first-order chi connectivity index (χ1) is 14.5. The Morgan fingerprint density at radius 3 is 2.43 bits per heavy atom.